The maximum absolute atomic E-state index is 4.10. The molecule has 1 heteroatoms. The van der Waals surface area contributed by atoms with Gasteiger partial charge < -0.3 is 0 Å². The Balaban J connectivity index is 2.15. The van der Waals surface area contributed by atoms with Gasteiger partial charge in [-0.3, -0.25) is 0 Å². The van der Waals surface area contributed by atoms with Crippen LogP contribution >= 0.6 is 7.92 Å². The molecule has 0 nitrogen and oxygen atoms in total. The molecule has 0 bridgehead atoms. The first kappa shape index (κ1) is 31.4. The van der Waals surface area contributed by atoms with Crippen LogP contribution in [-0.4, -0.2) is 18.5 Å². The highest BCUT2D eigenvalue weighted by Crippen LogP contribution is 2.39. The van der Waals surface area contributed by atoms with Crippen molar-refractivity contribution in [2.45, 2.75) is 136 Å². The third kappa shape index (κ3) is 18.7. The molecule has 0 fully saturated rings. The summed E-state index contributed by atoms with van der Waals surface area (Å²) in [6.45, 7) is 8.74. The van der Waals surface area contributed by atoms with Crippen molar-refractivity contribution in [2.24, 2.45) is 5.92 Å². The van der Waals surface area contributed by atoms with Gasteiger partial charge in [-0.25, -0.2) is 0 Å². The second-order valence-corrected chi connectivity index (χ2v) is 13.3. The van der Waals surface area contributed by atoms with E-state index in [2.05, 4.69) is 56.8 Å². The topological polar surface area (TPSA) is 0 Å². The van der Waals surface area contributed by atoms with Crippen LogP contribution in [0.15, 0.2) is 43.0 Å². The molecule has 0 heterocycles. The molecule has 1 rings (SSSR count). The van der Waals surface area contributed by atoms with E-state index < -0.39 is 0 Å². The third-order valence-corrected chi connectivity index (χ3v) is 10.2. The van der Waals surface area contributed by atoms with Crippen LogP contribution in [0.5, 0.6) is 0 Å². The Kier molecular flexibility index (Phi) is 22.3. The Bertz CT molecular complexity index is 521. The molecule has 0 aliphatic carbocycles. The predicted molar refractivity (Wildman–Crippen MR) is 160 cm³/mol. The zero-order valence-corrected chi connectivity index (χ0v) is 24.1. The van der Waals surface area contributed by atoms with Gasteiger partial charge in [0, 0.05) is 0 Å². The van der Waals surface area contributed by atoms with Gasteiger partial charge in [0.2, 0.25) is 0 Å². The average molecular weight is 487 g/mol. The second kappa shape index (κ2) is 24.1. The summed E-state index contributed by atoms with van der Waals surface area (Å²) >= 11 is 0. The highest BCUT2D eigenvalue weighted by atomic mass is 31.1. The van der Waals surface area contributed by atoms with E-state index in [9.17, 15) is 0 Å². The zero-order chi connectivity index (χ0) is 24.5. The van der Waals surface area contributed by atoms with Crippen LogP contribution in [0.1, 0.15) is 135 Å². The molecule has 0 spiro atoms. The molecule has 0 aromatic heterocycles. The first-order chi connectivity index (χ1) is 16.8. The number of allylic oxidation sites excluding steroid dienone is 1. The van der Waals surface area contributed by atoms with Crippen molar-refractivity contribution in [3.63, 3.8) is 0 Å². The van der Waals surface area contributed by atoms with Crippen molar-refractivity contribution in [3.05, 3.63) is 48.6 Å². The Labute approximate surface area is 216 Å². The summed E-state index contributed by atoms with van der Waals surface area (Å²) in [6, 6.07) is 10.9. The average Bonchev–Trinajstić information content (AvgIpc) is 2.86. The van der Waals surface area contributed by atoms with E-state index in [4.69, 9.17) is 0 Å². The summed E-state index contributed by atoms with van der Waals surface area (Å²) in [5, 5.41) is 0. The van der Waals surface area contributed by atoms with Crippen molar-refractivity contribution in [1.29, 1.82) is 0 Å². The van der Waals surface area contributed by atoms with Crippen molar-refractivity contribution in [3.8, 4) is 0 Å². The molecule has 0 amide bonds. The fourth-order valence-corrected chi connectivity index (χ4v) is 7.74. The molecule has 1 aromatic rings. The molecule has 34 heavy (non-hydrogen) atoms. The predicted octanol–water partition coefficient (Wildman–Crippen LogP) is 11.6. The van der Waals surface area contributed by atoms with E-state index in [0.717, 1.165) is 6.42 Å². The lowest BCUT2D eigenvalue weighted by atomic mass is 9.93. The minimum absolute atomic E-state index is 0.311. The fraction of sp³-hybridized carbons (Fsp3) is 0.758. The van der Waals surface area contributed by atoms with Crippen molar-refractivity contribution < 1.29 is 0 Å². The zero-order valence-electron chi connectivity index (χ0n) is 23.3. The fourth-order valence-electron chi connectivity index (χ4n) is 5.06. The maximum atomic E-state index is 4.10. The van der Waals surface area contributed by atoms with Gasteiger partial charge in [-0.05, 0) is 62.1 Å². The number of hydrogen-bond donors (Lipinski definition) is 0. The van der Waals surface area contributed by atoms with Crippen molar-refractivity contribution >= 4 is 7.92 Å². The summed E-state index contributed by atoms with van der Waals surface area (Å²) in [5.41, 5.74) is 1.46. The second-order valence-electron chi connectivity index (χ2n) is 10.6. The summed E-state index contributed by atoms with van der Waals surface area (Å²) in [5.74, 6) is 0.643. The van der Waals surface area contributed by atoms with Crippen LogP contribution in [0.4, 0.5) is 0 Å². The molecular formula is C33H59P. The lowest BCUT2D eigenvalue weighted by Gasteiger charge is -2.18. The van der Waals surface area contributed by atoms with Crippen LogP contribution in [0, 0.1) is 5.92 Å². The van der Waals surface area contributed by atoms with Crippen LogP contribution in [-0.2, 0) is 6.42 Å². The van der Waals surface area contributed by atoms with Gasteiger partial charge in [-0.15, -0.1) is 14.5 Å². The van der Waals surface area contributed by atoms with E-state index in [1.165, 1.54) is 121 Å². The molecular weight excluding hydrogens is 427 g/mol. The molecule has 1 aromatic carbocycles. The van der Waals surface area contributed by atoms with Gasteiger partial charge in [-0.2, -0.15) is 0 Å². The molecule has 0 aliphatic rings. The quantitative estimate of drug-likeness (QED) is 0.0732. The first-order valence-electron chi connectivity index (χ1n) is 15.2. The largest absolute Gasteiger partial charge is 0.107 e. The van der Waals surface area contributed by atoms with Gasteiger partial charge in [0.1, 0.15) is 0 Å². The number of hydrogen-bond acceptors (Lipinski definition) is 0. The summed E-state index contributed by atoms with van der Waals surface area (Å²) in [6.07, 6.45) is 34.0. The third-order valence-electron chi connectivity index (χ3n) is 7.38. The van der Waals surface area contributed by atoms with E-state index in [1.807, 2.05) is 0 Å². The highest BCUT2D eigenvalue weighted by Gasteiger charge is 2.09. The van der Waals surface area contributed by atoms with E-state index in [1.54, 1.807) is 18.5 Å². The summed E-state index contributed by atoms with van der Waals surface area (Å²) in [7, 11) is 0.311. The standard InChI is InChI=1S/C33H59P/c1-4-7-9-11-15-22-28-34(29-23-16-12-10-8-5-2)30-24-17-13-14-19-25-32(6-3)31-33-26-20-18-21-27-33/h6,18,20-21,26-27,32H,3-5,7-17,19,22-25,28-31H2,1-2H3. The minimum Gasteiger partial charge on any atom is -0.107 e. The van der Waals surface area contributed by atoms with Gasteiger partial charge in [0.05, 0.1) is 0 Å². The molecule has 0 aliphatic heterocycles. The summed E-state index contributed by atoms with van der Waals surface area (Å²) in [4.78, 5) is 0. The highest BCUT2D eigenvalue weighted by molar-refractivity contribution is 7.57. The smallest absolute Gasteiger partial charge is 0.0196 e. The molecule has 196 valence electrons. The van der Waals surface area contributed by atoms with Crippen LogP contribution < -0.4 is 0 Å². The van der Waals surface area contributed by atoms with Crippen LogP contribution in [0.2, 0.25) is 0 Å². The molecule has 0 saturated heterocycles. The maximum Gasteiger partial charge on any atom is -0.0196 e. The number of unbranched alkanes of at least 4 members (excludes halogenated alkanes) is 14. The molecule has 1 unspecified atom stereocenters. The molecule has 0 radical (unpaired) electrons. The normalized spacial score (nSPS) is 12.3. The Hall–Kier alpha value is -0.610. The minimum atomic E-state index is 0.311. The summed E-state index contributed by atoms with van der Waals surface area (Å²) < 4.78 is 0. The van der Waals surface area contributed by atoms with Crippen LogP contribution in [0.3, 0.4) is 0 Å². The van der Waals surface area contributed by atoms with Gasteiger partial charge in [-0.1, -0.05) is 140 Å². The van der Waals surface area contributed by atoms with Gasteiger partial charge in [0.15, 0.2) is 0 Å². The Morgan fingerprint density at radius 1 is 0.618 bits per heavy atom. The lowest BCUT2D eigenvalue weighted by molar-refractivity contribution is 0.522. The van der Waals surface area contributed by atoms with Crippen molar-refractivity contribution in [2.75, 3.05) is 18.5 Å². The number of rotatable bonds is 25. The van der Waals surface area contributed by atoms with Crippen LogP contribution in [0.25, 0.3) is 0 Å². The van der Waals surface area contributed by atoms with E-state index in [0.29, 0.717) is 13.8 Å². The lowest BCUT2D eigenvalue weighted by Crippen LogP contribution is -2.01. The Morgan fingerprint density at radius 2 is 1.06 bits per heavy atom. The number of benzene rings is 1. The molecule has 0 N–H and O–H groups in total. The van der Waals surface area contributed by atoms with Crippen molar-refractivity contribution in [1.82, 2.24) is 0 Å². The van der Waals surface area contributed by atoms with Gasteiger partial charge in [0.25, 0.3) is 0 Å². The van der Waals surface area contributed by atoms with E-state index in [-0.39, 0.29) is 0 Å². The Morgan fingerprint density at radius 3 is 1.53 bits per heavy atom. The molecule has 0 saturated carbocycles. The van der Waals surface area contributed by atoms with E-state index >= 15 is 0 Å². The monoisotopic (exact) mass is 486 g/mol. The SMILES string of the molecule is C=CC(CCCCCCCP(CCCCCCCC)CCCCCCCC)Cc1ccccc1. The molecule has 1 atom stereocenters. The first-order valence-corrected chi connectivity index (χ1v) is 17.1. The van der Waals surface area contributed by atoms with Gasteiger partial charge >= 0.3 is 0 Å².